The van der Waals surface area contributed by atoms with Crippen LogP contribution in [0.15, 0.2) is 54.7 Å². The first kappa shape index (κ1) is 19.1. The zero-order valence-corrected chi connectivity index (χ0v) is 17.5. The molecule has 4 aromatic rings. The van der Waals surface area contributed by atoms with Crippen LogP contribution in [0.25, 0.3) is 10.2 Å². The van der Waals surface area contributed by atoms with Crippen LogP contribution < -0.4 is 15.8 Å². The molecule has 6 nitrogen and oxygen atoms in total. The van der Waals surface area contributed by atoms with Gasteiger partial charge in [0.1, 0.15) is 18.2 Å². The van der Waals surface area contributed by atoms with Gasteiger partial charge in [0, 0.05) is 18.2 Å². The quantitative estimate of drug-likeness (QED) is 0.422. The Bertz CT molecular complexity index is 1230. The zero-order chi connectivity index (χ0) is 20.7. The molecule has 2 atom stereocenters. The van der Waals surface area contributed by atoms with E-state index in [2.05, 4.69) is 27.4 Å². The number of ether oxygens (including phenoxy) is 1. The van der Waals surface area contributed by atoms with E-state index in [1.54, 1.807) is 12.3 Å². The van der Waals surface area contributed by atoms with Crippen LogP contribution in [-0.2, 0) is 13.0 Å². The number of hydrogen-bond acceptors (Lipinski definition) is 7. The number of aliphatic hydroxyl groups excluding tert-OH is 1. The predicted octanol–water partition coefficient (Wildman–Crippen LogP) is 4.58. The third-order valence-corrected chi connectivity index (χ3v) is 6.62. The molecule has 0 saturated heterocycles. The second-order valence-corrected chi connectivity index (χ2v) is 8.61. The van der Waals surface area contributed by atoms with Gasteiger partial charge in [-0.2, -0.15) is 0 Å². The smallest absolute Gasteiger partial charge is 0.184 e. The molecular weight excluding hydrogens is 420 g/mol. The van der Waals surface area contributed by atoms with Crippen LogP contribution in [0.3, 0.4) is 0 Å². The number of aromatic nitrogens is 2. The Kier molecular flexibility index (Phi) is 4.94. The number of nitrogens with one attached hydrogen (secondary N) is 1. The molecule has 30 heavy (non-hydrogen) atoms. The van der Waals surface area contributed by atoms with Crippen molar-refractivity contribution in [3.05, 3.63) is 76.4 Å². The highest BCUT2D eigenvalue weighted by Gasteiger charge is 2.31. The van der Waals surface area contributed by atoms with E-state index < -0.39 is 6.10 Å². The highest BCUT2D eigenvalue weighted by Crippen LogP contribution is 2.37. The molecule has 0 amide bonds. The van der Waals surface area contributed by atoms with Crippen molar-refractivity contribution in [1.82, 2.24) is 9.97 Å². The monoisotopic (exact) mass is 438 g/mol. The van der Waals surface area contributed by atoms with E-state index in [0.29, 0.717) is 23.9 Å². The van der Waals surface area contributed by atoms with E-state index in [-0.39, 0.29) is 6.04 Å². The molecular formula is C22H19ClN4O2S. The Labute approximate surface area is 182 Å². The number of rotatable bonds is 5. The number of aliphatic hydroxyl groups is 1. The van der Waals surface area contributed by atoms with Gasteiger partial charge in [-0.05, 0) is 35.4 Å². The summed E-state index contributed by atoms with van der Waals surface area (Å²) in [6.45, 7) is 0.298. The Hall–Kier alpha value is -2.87. The SMILES string of the molecule is Nc1nccc(COc2ccc3nc(NC4c5ccccc5C[C@@H]4O)sc3c2)c1Cl. The number of thiazole rings is 1. The van der Waals surface area contributed by atoms with Crippen molar-refractivity contribution in [3.63, 3.8) is 0 Å². The van der Waals surface area contributed by atoms with Gasteiger partial charge < -0.3 is 20.9 Å². The van der Waals surface area contributed by atoms with Gasteiger partial charge in [-0.1, -0.05) is 47.2 Å². The van der Waals surface area contributed by atoms with Crippen LogP contribution in [0.2, 0.25) is 5.02 Å². The second-order valence-electron chi connectivity index (χ2n) is 7.20. The van der Waals surface area contributed by atoms with E-state index in [1.807, 2.05) is 30.3 Å². The molecule has 0 bridgehead atoms. The summed E-state index contributed by atoms with van der Waals surface area (Å²) in [7, 11) is 0. The summed E-state index contributed by atoms with van der Waals surface area (Å²) in [6, 6.07) is 15.5. The molecule has 4 N–H and O–H groups in total. The average Bonchev–Trinajstić information content (AvgIpc) is 3.29. The Morgan fingerprint density at radius 1 is 1.23 bits per heavy atom. The summed E-state index contributed by atoms with van der Waals surface area (Å²) in [4.78, 5) is 8.62. The molecule has 2 heterocycles. The fraction of sp³-hybridized carbons (Fsp3) is 0.182. The van der Waals surface area contributed by atoms with Gasteiger partial charge in [0.25, 0.3) is 0 Å². The maximum atomic E-state index is 10.5. The summed E-state index contributed by atoms with van der Waals surface area (Å²) in [5.41, 5.74) is 9.70. The third kappa shape index (κ3) is 3.56. The summed E-state index contributed by atoms with van der Waals surface area (Å²) in [5.74, 6) is 1.01. The van der Waals surface area contributed by atoms with Crippen LogP contribution in [0.4, 0.5) is 10.9 Å². The number of benzene rings is 2. The highest BCUT2D eigenvalue weighted by molar-refractivity contribution is 7.22. The number of nitrogens with zero attached hydrogens (tertiary/aromatic N) is 2. The predicted molar refractivity (Wildman–Crippen MR) is 120 cm³/mol. The normalized spacial score (nSPS) is 17.8. The topological polar surface area (TPSA) is 93.3 Å². The number of hydrogen-bond donors (Lipinski definition) is 3. The maximum Gasteiger partial charge on any atom is 0.184 e. The lowest BCUT2D eigenvalue weighted by atomic mass is 10.1. The summed E-state index contributed by atoms with van der Waals surface area (Å²) >= 11 is 7.72. The molecule has 8 heteroatoms. The minimum absolute atomic E-state index is 0.156. The van der Waals surface area contributed by atoms with Crippen molar-refractivity contribution in [2.45, 2.75) is 25.2 Å². The standard InChI is InChI=1S/C22H19ClN4O2S/c23-19-13(7-8-25-21(19)24)11-29-14-5-6-16-18(10-14)30-22(26-16)27-20-15-4-2-1-3-12(15)9-17(20)28/h1-8,10,17,20,28H,9,11H2,(H2,24,25)(H,26,27)/t17-,20?/m0/s1. The number of anilines is 2. The van der Waals surface area contributed by atoms with Crippen molar-refractivity contribution >= 4 is 44.1 Å². The van der Waals surface area contributed by atoms with Gasteiger partial charge in [0.2, 0.25) is 0 Å². The number of nitrogen functional groups attached to an aromatic ring is 1. The molecule has 1 aliphatic carbocycles. The molecule has 1 unspecified atom stereocenters. The highest BCUT2D eigenvalue weighted by atomic mass is 35.5. The third-order valence-electron chi connectivity index (χ3n) is 5.23. The summed E-state index contributed by atoms with van der Waals surface area (Å²) in [5, 5.41) is 15.1. The zero-order valence-electron chi connectivity index (χ0n) is 15.9. The van der Waals surface area contributed by atoms with E-state index in [9.17, 15) is 5.11 Å². The molecule has 0 aliphatic heterocycles. The lowest BCUT2D eigenvalue weighted by Crippen LogP contribution is -2.20. The summed E-state index contributed by atoms with van der Waals surface area (Å²) < 4.78 is 6.89. The minimum atomic E-state index is -0.467. The fourth-order valence-electron chi connectivity index (χ4n) is 3.71. The Balaban J connectivity index is 1.34. The molecule has 152 valence electrons. The summed E-state index contributed by atoms with van der Waals surface area (Å²) in [6.07, 6.45) is 1.80. The van der Waals surface area contributed by atoms with Crippen LogP contribution >= 0.6 is 22.9 Å². The molecule has 1 aliphatic rings. The van der Waals surface area contributed by atoms with Crippen molar-refractivity contribution in [2.24, 2.45) is 0 Å². The Morgan fingerprint density at radius 3 is 3.00 bits per heavy atom. The van der Waals surface area contributed by atoms with Gasteiger partial charge >= 0.3 is 0 Å². The molecule has 0 fully saturated rings. The van der Waals surface area contributed by atoms with Gasteiger partial charge in [0.05, 0.1) is 27.4 Å². The fourth-order valence-corrected chi connectivity index (χ4v) is 4.81. The molecule has 0 spiro atoms. The minimum Gasteiger partial charge on any atom is -0.489 e. The van der Waals surface area contributed by atoms with Crippen LogP contribution in [0.1, 0.15) is 22.7 Å². The van der Waals surface area contributed by atoms with Gasteiger partial charge in [-0.3, -0.25) is 0 Å². The van der Waals surface area contributed by atoms with Gasteiger partial charge in [-0.15, -0.1) is 0 Å². The van der Waals surface area contributed by atoms with Crippen LogP contribution in [0, 0.1) is 0 Å². The van der Waals surface area contributed by atoms with Crippen molar-refractivity contribution < 1.29 is 9.84 Å². The van der Waals surface area contributed by atoms with Crippen molar-refractivity contribution in [2.75, 3.05) is 11.1 Å². The van der Waals surface area contributed by atoms with Crippen molar-refractivity contribution in [3.8, 4) is 5.75 Å². The molecule has 0 radical (unpaired) electrons. The number of fused-ring (bicyclic) bond motifs is 2. The molecule has 5 rings (SSSR count). The van der Waals surface area contributed by atoms with Crippen LogP contribution in [0.5, 0.6) is 5.75 Å². The lowest BCUT2D eigenvalue weighted by molar-refractivity contribution is 0.166. The van der Waals surface area contributed by atoms with E-state index in [0.717, 1.165) is 32.2 Å². The molecule has 2 aromatic heterocycles. The second kappa shape index (κ2) is 7.75. The maximum absolute atomic E-state index is 10.5. The average molecular weight is 439 g/mol. The first-order chi connectivity index (χ1) is 14.6. The van der Waals surface area contributed by atoms with Crippen LogP contribution in [-0.4, -0.2) is 21.2 Å². The molecule has 0 saturated carbocycles. The number of halogens is 1. The van der Waals surface area contributed by atoms with Gasteiger partial charge in [-0.25, -0.2) is 9.97 Å². The first-order valence-electron chi connectivity index (χ1n) is 9.53. The number of nitrogens with two attached hydrogens (primary N) is 1. The van der Waals surface area contributed by atoms with E-state index in [4.69, 9.17) is 22.1 Å². The number of pyridine rings is 1. The largest absolute Gasteiger partial charge is 0.489 e. The van der Waals surface area contributed by atoms with Crippen molar-refractivity contribution in [1.29, 1.82) is 0 Å². The lowest BCUT2D eigenvalue weighted by Gasteiger charge is -2.16. The first-order valence-corrected chi connectivity index (χ1v) is 10.7. The van der Waals surface area contributed by atoms with Gasteiger partial charge in [0.15, 0.2) is 5.13 Å². The van der Waals surface area contributed by atoms with E-state index in [1.165, 1.54) is 16.9 Å². The van der Waals surface area contributed by atoms with E-state index >= 15 is 0 Å². The molecule has 2 aromatic carbocycles. The Morgan fingerprint density at radius 2 is 2.10 bits per heavy atom.